The Kier molecular flexibility index (Phi) is 6.21. The van der Waals surface area contributed by atoms with E-state index in [0.717, 1.165) is 28.8 Å². The highest BCUT2D eigenvalue weighted by molar-refractivity contribution is 7.82. The van der Waals surface area contributed by atoms with Crippen LogP contribution in [-0.4, -0.2) is 0 Å². The number of benzene rings is 2. The standard InChI is InChI=1S/C20H25OP/c1-3-5-8-13-18(4-2)22(21,19-14-9-6-10-15-19)20-16-11-7-12-17-20/h4,6-7,9-12,14-17H,3,5,8,13H2,1-2H3/b18-4+. The van der Waals surface area contributed by atoms with E-state index in [1.807, 2.05) is 67.6 Å². The van der Waals surface area contributed by atoms with Crippen LogP contribution in [0.1, 0.15) is 39.5 Å². The first-order valence-electron chi connectivity index (χ1n) is 8.10. The smallest absolute Gasteiger partial charge is 0.166 e. The van der Waals surface area contributed by atoms with Crippen LogP contribution in [0.5, 0.6) is 0 Å². The van der Waals surface area contributed by atoms with Crippen molar-refractivity contribution in [3.05, 3.63) is 72.1 Å². The van der Waals surface area contributed by atoms with Gasteiger partial charge in [-0.2, -0.15) is 0 Å². The lowest BCUT2D eigenvalue weighted by atomic mass is 10.2. The fourth-order valence-corrected chi connectivity index (χ4v) is 5.78. The van der Waals surface area contributed by atoms with Crippen LogP contribution in [0.3, 0.4) is 0 Å². The second-order valence-electron chi connectivity index (χ2n) is 5.52. The third-order valence-electron chi connectivity index (χ3n) is 4.01. The number of rotatable bonds is 7. The van der Waals surface area contributed by atoms with Crippen LogP contribution in [0.4, 0.5) is 0 Å². The van der Waals surface area contributed by atoms with Crippen LogP contribution >= 0.6 is 7.14 Å². The molecule has 0 aliphatic carbocycles. The molecule has 116 valence electrons. The van der Waals surface area contributed by atoms with Crippen molar-refractivity contribution in [2.75, 3.05) is 0 Å². The highest BCUT2D eigenvalue weighted by Gasteiger charge is 2.30. The summed E-state index contributed by atoms with van der Waals surface area (Å²) in [5, 5.41) is 2.95. The van der Waals surface area contributed by atoms with E-state index < -0.39 is 7.14 Å². The summed E-state index contributed by atoms with van der Waals surface area (Å²) in [6, 6.07) is 19.8. The molecule has 2 heteroatoms. The Morgan fingerprint density at radius 2 is 1.41 bits per heavy atom. The molecule has 0 atom stereocenters. The minimum absolute atomic E-state index is 0.908. The van der Waals surface area contributed by atoms with Gasteiger partial charge in [-0.15, -0.1) is 0 Å². The molecule has 0 fully saturated rings. The fourth-order valence-electron chi connectivity index (χ4n) is 2.80. The summed E-state index contributed by atoms with van der Waals surface area (Å²) in [5.41, 5.74) is 0. The molecule has 0 aromatic heterocycles. The largest absolute Gasteiger partial charge is 0.309 e. The van der Waals surface area contributed by atoms with Gasteiger partial charge in [0.25, 0.3) is 0 Å². The van der Waals surface area contributed by atoms with Crippen LogP contribution in [-0.2, 0) is 4.57 Å². The molecule has 0 amide bonds. The lowest BCUT2D eigenvalue weighted by Gasteiger charge is -2.22. The van der Waals surface area contributed by atoms with E-state index in [9.17, 15) is 4.57 Å². The summed E-state index contributed by atoms with van der Waals surface area (Å²) < 4.78 is 14.1. The quantitative estimate of drug-likeness (QED) is 0.488. The number of hydrogen-bond acceptors (Lipinski definition) is 1. The summed E-state index contributed by atoms with van der Waals surface area (Å²) in [5.74, 6) is 0. The first-order valence-corrected chi connectivity index (χ1v) is 9.81. The molecular weight excluding hydrogens is 287 g/mol. The van der Waals surface area contributed by atoms with E-state index in [1.54, 1.807) is 0 Å². The summed E-state index contributed by atoms with van der Waals surface area (Å²) in [4.78, 5) is 0. The Balaban J connectivity index is 2.49. The normalized spacial score (nSPS) is 12.4. The maximum atomic E-state index is 14.1. The van der Waals surface area contributed by atoms with Crippen molar-refractivity contribution >= 4 is 17.8 Å². The van der Waals surface area contributed by atoms with Gasteiger partial charge in [-0.1, -0.05) is 86.5 Å². The molecule has 0 saturated heterocycles. The SMILES string of the molecule is C/C=C(\CCCCC)P(=O)(c1ccccc1)c1ccccc1. The van der Waals surface area contributed by atoms with Gasteiger partial charge in [0.15, 0.2) is 7.14 Å². The average Bonchev–Trinajstić information content (AvgIpc) is 2.60. The van der Waals surface area contributed by atoms with E-state index in [-0.39, 0.29) is 0 Å². The van der Waals surface area contributed by atoms with Gasteiger partial charge in [-0.3, -0.25) is 0 Å². The molecule has 0 spiro atoms. The topological polar surface area (TPSA) is 17.1 Å². The predicted molar refractivity (Wildman–Crippen MR) is 97.7 cm³/mol. The lowest BCUT2D eigenvalue weighted by molar-refractivity contribution is 0.588. The van der Waals surface area contributed by atoms with Crippen molar-refractivity contribution in [2.45, 2.75) is 39.5 Å². The summed E-state index contributed by atoms with van der Waals surface area (Å²) in [6.07, 6.45) is 6.43. The summed E-state index contributed by atoms with van der Waals surface area (Å²) in [7, 11) is -2.71. The Hall–Kier alpha value is -1.59. The third kappa shape index (κ3) is 3.59. The van der Waals surface area contributed by atoms with Crippen LogP contribution < -0.4 is 10.6 Å². The number of allylic oxidation sites excluding steroid dienone is 2. The number of hydrogen-bond donors (Lipinski definition) is 0. The van der Waals surface area contributed by atoms with Crippen LogP contribution in [0.25, 0.3) is 0 Å². The maximum absolute atomic E-state index is 14.1. The Labute approximate surface area is 134 Å². The zero-order valence-electron chi connectivity index (χ0n) is 13.5. The van der Waals surface area contributed by atoms with E-state index >= 15 is 0 Å². The van der Waals surface area contributed by atoms with Crippen molar-refractivity contribution < 1.29 is 4.57 Å². The minimum atomic E-state index is -2.71. The molecule has 0 radical (unpaired) electrons. The van der Waals surface area contributed by atoms with Gasteiger partial charge >= 0.3 is 0 Å². The van der Waals surface area contributed by atoms with Gasteiger partial charge in [-0.05, 0) is 25.1 Å². The van der Waals surface area contributed by atoms with E-state index in [4.69, 9.17) is 0 Å². The molecule has 0 unspecified atom stereocenters. The van der Waals surface area contributed by atoms with E-state index in [0.29, 0.717) is 0 Å². The van der Waals surface area contributed by atoms with Gasteiger partial charge in [0, 0.05) is 10.6 Å². The molecule has 1 nitrogen and oxygen atoms in total. The monoisotopic (exact) mass is 312 g/mol. The molecule has 2 aromatic rings. The molecule has 2 aromatic carbocycles. The molecule has 0 N–H and O–H groups in total. The molecule has 0 bridgehead atoms. The molecule has 22 heavy (non-hydrogen) atoms. The predicted octanol–water partition coefficient (Wildman–Crippen LogP) is 5.48. The van der Waals surface area contributed by atoms with Gasteiger partial charge in [-0.25, -0.2) is 0 Å². The van der Waals surface area contributed by atoms with Crippen molar-refractivity contribution in [2.24, 2.45) is 0 Å². The second kappa shape index (κ2) is 8.15. The number of unbranched alkanes of at least 4 members (excludes halogenated alkanes) is 2. The van der Waals surface area contributed by atoms with Crippen LogP contribution in [0, 0.1) is 0 Å². The zero-order chi connectivity index (χ0) is 15.8. The fraction of sp³-hybridized carbons (Fsp3) is 0.300. The van der Waals surface area contributed by atoms with Crippen molar-refractivity contribution in [1.82, 2.24) is 0 Å². The van der Waals surface area contributed by atoms with Crippen LogP contribution in [0.15, 0.2) is 72.1 Å². The molecule has 0 aliphatic rings. The Morgan fingerprint density at radius 3 is 1.82 bits per heavy atom. The molecule has 0 heterocycles. The zero-order valence-corrected chi connectivity index (χ0v) is 14.4. The van der Waals surface area contributed by atoms with Gasteiger partial charge in [0.2, 0.25) is 0 Å². The van der Waals surface area contributed by atoms with E-state index in [1.165, 1.54) is 12.8 Å². The molecular formula is C20H25OP. The van der Waals surface area contributed by atoms with Gasteiger partial charge in [0.05, 0.1) is 0 Å². The summed E-state index contributed by atoms with van der Waals surface area (Å²) >= 11 is 0. The molecule has 0 saturated carbocycles. The highest BCUT2D eigenvalue weighted by Crippen LogP contribution is 2.53. The second-order valence-corrected chi connectivity index (χ2v) is 8.34. The van der Waals surface area contributed by atoms with Crippen molar-refractivity contribution in [1.29, 1.82) is 0 Å². The minimum Gasteiger partial charge on any atom is -0.309 e. The first kappa shape index (κ1) is 16.8. The molecule has 0 aliphatic heterocycles. The molecule has 2 rings (SSSR count). The highest BCUT2D eigenvalue weighted by atomic mass is 31.2. The maximum Gasteiger partial charge on any atom is 0.166 e. The Morgan fingerprint density at radius 1 is 0.909 bits per heavy atom. The first-order chi connectivity index (χ1) is 10.7. The van der Waals surface area contributed by atoms with Crippen LogP contribution in [0.2, 0.25) is 0 Å². The van der Waals surface area contributed by atoms with Gasteiger partial charge < -0.3 is 4.57 Å². The average molecular weight is 312 g/mol. The van der Waals surface area contributed by atoms with E-state index in [2.05, 4.69) is 13.0 Å². The Bertz CT molecular complexity index is 600. The summed E-state index contributed by atoms with van der Waals surface area (Å²) in [6.45, 7) is 4.21. The third-order valence-corrected chi connectivity index (χ3v) is 7.36. The lowest BCUT2D eigenvalue weighted by Crippen LogP contribution is -2.17. The van der Waals surface area contributed by atoms with Gasteiger partial charge in [0.1, 0.15) is 0 Å². The van der Waals surface area contributed by atoms with Crippen molar-refractivity contribution in [3.8, 4) is 0 Å². The van der Waals surface area contributed by atoms with Crippen molar-refractivity contribution in [3.63, 3.8) is 0 Å².